The first-order valence-electron chi connectivity index (χ1n) is 5.62. The summed E-state index contributed by atoms with van der Waals surface area (Å²) in [5, 5.41) is 10.9. The molecular weight excluding hydrogens is 302 g/mol. The maximum atomic E-state index is 10.9. The smallest absolute Gasteiger partial charge is 0.258 e. The van der Waals surface area contributed by atoms with Crippen LogP contribution in [0.3, 0.4) is 0 Å². The Labute approximate surface area is 113 Å². The van der Waals surface area contributed by atoms with Crippen molar-refractivity contribution >= 4 is 33.4 Å². The monoisotopic (exact) mass is 315 g/mol. The quantitative estimate of drug-likeness (QED) is 0.484. The molecule has 1 aliphatic rings. The van der Waals surface area contributed by atoms with Crippen molar-refractivity contribution in [2.75, 3.05) is 11.5 Å². The molecule has 0 N–H and O–H groups in total. The van der Waals surface area contributed by atoms with Gasteiger partial charge in [-0.25, -0.2) is 0 Å². The second kappa shape index (κ2) is 5.87. The van der Waals surface area contributed by atoms with E-state index in [2.05, 4.69) is 15.9 Å². The number of nitrogens with zero attached hydrogens (tertiary/aromatic N) is 1. The number of aryl methyl sites for hydroxylation is 1. The highest BCUT2D eigenvalue weighted by Crippen LogP contribution is 2.33. The second-order valence-corrected chi connectivity index (χ2v) is 6.49. The molecular formula is C12H14BrNO2S. The molecule has 1 fully saturated rings. The minimum absolute atomic E-state index is 0.254. The van der Waals surface area contributed by atoms with Crippen molar-refractivity contribution in [2.24, 2.45) is 5.92 Å². The van der Waals surface area contributed by atoms with E-state index in [-0.39, 0.29) is 10.6 Å². The van der Waals surface area contributed by atoms with Gasteiger partial charge in [0.25, 0.3) is 5.69 Å². The number of halogens is 1. The number of thioether (sulfide) groups is 1. The minimum Gasteiger partial charge on any atom is -0.258 e. The van der Waals surface area contributed by atoms with Crippen LogP contribution in [0.5, 0.6) is 0 Å². The number of benzene rings is 1. The van der Waals surface area contributed by atoms with Crippen LogP contribution in [0, 0.1) is 16.0 Å². The summed E-state index contributed by atoms with van der Waals surface area (Å²) in [7, 11) is 0. The van der Waals surface area contributed by atoms with Gasteiger partial charge in [0, 0.05) is 22.2 Å². The first-order valence-corrected chi connectivity index (χ1v) is 7.69. The normalized spacial score (nSPS) is 23.8. The van der Waals surface area contributed by atoms with Gasteiger partial charge in [-0.3, -0.25) is 10.1 Å². The van der Waals surface area contributed by atoms with E-state index in [4.69, 9.17) is 0 Å². The topological polar surface area (TPSA) is 43.1 Å². The SMILES string of the molecule is O=[N+]([O-])c1ccccc1CCC1CSCC1Br. The molecule has 0 saturated carbocycles. The molecule has 1 saturated heterocycles. The summed E-state index contributed by atoms with van der Waals surface area (Å²) in [4.78, 5) is 11.2. The molecule has 0 aliphatic carbocycles. The average molecular weight is 316 g/mol. The molecule has 1 heterocycles. The fourth-order valence-electron chi connectivity index (χ4n) is 2.08. The summed E-state index contributed by atoms with van der Waals surface area (Å²) >= 11 is 5.63. The van der Waals surface area contributed by atoms with Gasteiger partial charge >= 0.3 is 0 Å². The Kier molecular flexibility index (Phi) is 4.45. The molecule has 92 valence electrons. The molecule has 0 radical (unpaired) electrons. The fraction of sp³-hybridized carbons (Fsp3) is 0.500. The van der Waals surface area contributed by atoms with Crippen molar-refractivity contribution in [3.05, 3.63) is 39.9 Å². The Morgan fingerprint density at radius 1 is 1.41 bits per heavy atom. The summed E-state index contributed by atoms with van der Waals surface area (Å²) in [6.45, 7) is 0. The van der Waals surface area contributed by atoms with Gasteiger partial charge in [0.05, 0.1) is 4.92 Å². The van der Waals surface area contributed by atoms with E-state index >= 15 is 0 Å². The molecule has 0 aromatic heterocycles. The minimum atomic E-state index is -0.287. The van der Waals surface area contributed by atoms with Crippen LogP contribution in [-0.4, -0.2) is 21.3 Å². The van der Waals surface area contributed by atoms with Crippen molar-refractivity contribution in [1.82, 2.24) is 0 Å². The highest BCUT2D eigenvalue weighted by atomic mass is 79.9. The van der Waals surface area contributed by atoms with Crippen LogP contribution in [0.15, 0.2) is 24.3 Å². The molecule has 2 atom stereocenters. The van der Waals surface area contributed by atoms with Crippen LogP contribution in [0.4, 0.5) is 5.69 Å². The first-order chi connectivity index (χ1) is 8.18. The molecule has 2 unspecified atom stereocenters. The molecule has 0 spiro atoms. The Balaban J connectivity index is 2.01. The van der Waals surface area contributed by atoms with E-state index in [9.17, 15) is 10.1 Å². The lowest BCUT2D eigenvalue weighted by Crippen LogP contribution is -2.12. The van der Waals surface area contributed by atoms with Crippen molar-refractivity contribution < 1.29 is 4.92 Å². The van der Waals surface area contributed by atoms with Crippen LogP contribution in [0.2, 0.25) is 0 Å². The molecule has 0 bridgehead atoms. The van der Waals surface area contributed by atoms with Gasteiger partial charge in [0.1, 0.15) is 0 Å². The fourth-order valence-corrected chi connectivity index (χ4v) is 4.67. The van der Waals surface area contributed by atoms with Crippen LogP contribution >= 0.6 is 27.7 Å². The third-order valence-electron chi connectivity index (χ3n) is 3.09. The Hall–Kier alpha value is -0.550. The number of alkyl halides is 1. The maximum absolute atomic E-state index is 10.9. The van der Waals surface area contributed by atoms with Gasteiger partial charge in [-0.05, 0) is 24.5 Å². The van der Waals surface area contributed by atoms with Crippen molar-refractivity contribution in [2.45, 2.75) is 17.7 Å². The van der Waals surface area contributed by atoms with E-state index < -0.39 is 0 Å². The van der Waals surface area contributed by atoms with Crippen molar-refractivity contribution in [3.63, 3.8) is 0 Å². The summed E-state index contributed by atoms with van der Waals surface area (Å²) in [6.07, 6.45) is 1.82. The van der Waals surface area contributed by atoms with Gasteiger partial charge in [-0.1, -0.05) is 34.1 Å². The zero-order valence-corrected chi connectivity index (χ0v) is 11.7. The van der Waals surface area contributed by atoms with Crippen molar-refractivity contribution in [3.8, 4) is 0 Å². The molecule has 5 heteroatoms. The predicted molar refractivity (Wildman–Crippen MR) is 74.9 cm³/mol. The van der Waals surface area contributed by atoms with E-state index in [1.807, 2.05) is 23.9 Å². The number of para-hydroxylation sites is 1. The number of hydrogen-bond donors (Lipinski definition) is 0. The van der Waals surface area contributed by atoms with E-state index in [1.165, 1.54) is 0 Å². The molecule has 1 aromatic rings. The Morgan fingerprint density at radius 2 is 2.18 bits per heavy atom. The first kappa shape index (κ1) is 12.9. The van der Waals surface area contributed by atoms with E-state index in [0.717, 1.165) is 29.9 Å². The third-order valence-corrected chi connectivity index (χ3v) is 5.85. The highest BCUT2D eigenvalue weighted by molar-refractivity contribution is 9.09. The molecule has 1 aliphatic heterocycles. The van der Waals surface area contributed by atoms with Crippen LogP contribution in [0.25, 0.3) is 0 Å². The van der Waals surface area contributed by atoms with Gasteiger partial charge in [-0.2, -0.15) is 11.8 Å². The van der Waals surface area contributed by atoms with E-state index in [1.54, 1.807) is 12.1 Å². The van der Waals surface area contributed by atoms with Crippen LogP contribution in [-0.2, 0) is 6.42 Å². The van der Waals surface area contributed by atoms with Gasteiger partial charge in [0.15, 0.2) is 0 Å². The number of hydrogen-bond acceptors (Lipinski definition) is 3. The third kappa shape index (κ3) is 3.22. The predicted octanol–water partition coefficient (Wildman–Crippen LogP) is 3.65. The van der Waals surface area contributed by atoms with Gasteiger partial charge in [0.2, 0.25) is 0 Å². The van der Waals surface area contributed by atoms with Crippen molar-refractivity contribution in [1.29, 1.82) is 0 Å². The molecule has 3 nitrogen and oxygen atoms in total. The average Bonchev–Trinajstić information content (AvgIpc) is 2.72. The molecule has 1 aromatic carbocycles. The summed E-state index contributed by atoms with van der Waals surface area (Å²) in [5.74, 6) is 2.96. The van der Waals surface area contributed by atoms with Crippen LogP contribution < -0.4 is 0 Å². The summed E-state index contributed by atoms with van der Waals surface area (Å²) < 4.78 is 0. The number of rotatable bonds is 4. The largest absolute Gasteiger partial charge is 0.272 e. The molecule has 17 heavy (non-hydrogen) atoms. The van der Waals surface area contributed by atoms with Crippen LogP contribution in [0.1, 0.15) is 12.0 Å². The summed E-state index contributed by atoms with van der Waals surface area (Å²) in [6, 6.07) is 7.05. The van der Waals surface area contributed by atoms with Gasteiger partial charge in [-0.15, -0.1) is 0 Å². The zero-order chi connectivity index (χ0) is 12.3. The Bertz CT molecular complexity index is 413. The lowest BCUT2D eigenvalue weighted by atomic mass is 9.98. The molecule has 2 rings (SSSR count). The van der Waals surface area contributed by atoms with E-state index in [0.29, 0.717) is 10.7 Å². The standard InChI is InChI=1S/C12H14BrNO2S/c13-11-8-17-7-10(11)6-5-9-3-1-2-4-12(9)14(15)16/h1-4,10-11H,5-8H2. The lowest BCUT2D eigenvalue weighted by Gasteiger charge is -2.12. The highest BCUT2D eigenvalue weighted by Gasteiger charge is 2.25. The number of nitro groups is 1. The second-order valence-electron chi connectivity index (χ2n) is 4.24. The zero-order valence-electron chi connectivity index (χ0n) is 9.34. The van der Waals surface area contributed by atoms with Gasteiger partial charge < -0.3 is 0 Å². The maximum Gasteiger partial charge on any atom is 0.272 e. The number of nitro benzene ring substituents is 1. The molecule has 0 amide bonds. The summed E-state index contributed by atoms with van der Waals surface area (Å²) in [5.41, 5.74) is 1.11. The Morgan fingerprint density at radius 3 is 2.82 bits per heavy atom. The lowest BCUT2D eigenvalue weighted by molar-refractivity contribution is -0.385.